The van der Waals surface area contributed by atoms with Crippen molar-refractivity contribution in [1.29, 1.82) is 5.26 Å². The molecular formula is C18H15Cl2FN2O5S. The first-order valence-electron chi connectivity index (χ1n) is 8.25. The Bertz CT molecular complexity index is 1090. The first-order chi connectivity index (χ1) is 13.6. The van der Waals surface area contributed by atoms with E-state index in [-0.39, 0.29) is 32.8 Å². The van der Waals surface area contributed by atoms with Crippen molar-refractivity contribution in [2.75, 3.05) is 19.7 Å². The van der Waals surface area contributed by atoms with Crippen molar-refractivity contribution in [3.63, 3.8) is 0 Å². The summed E-state index contributed by atoms with van der Waals surface area (Å²) < 4.78 is 46.2. The maximum Gasteiger partial charge on any atom is 0.244 e. The summed E-state index contributed by atoms with van der Waals surface area (Å²) in [6.07, 6.45) is -1.19. The molecule has 11 heteroatoms. The SMILES string of the molecule is N#Cc1ccc(O[C@H]2CN(S(=O)(=O)c3ccc(Cl)cc3Cl)C[C@]2(O)CO)cc1F. The van der Waals surface area contributed by atoms with Crippen molar-refractivity contribution in [3.8, 4) is 11.8 Å². The van der Waals surface area contributed by atoms with E-state index in [1.807, 2.05) is 0 Å². The van der Waals surface area contributed by atoms with Crippen LogP contribution < -0.4 is 4.74 Å². The van der Waals surface area contributed by atoms with Crippen molar-refractivity contribution < 1.29 is 27.8 Å². The average molecular weight is 461 g/mol. The molecule has 7 nitrogen and oxygen atoms in total. The van der Waals surface area contributed by atoms with Gasteiger partial charge in [-0.3, -0.25) is 0 Å². The number of nitriles is 1. The molecule has 1 aliphatic rings. The maximum atomic E-state index is 13.8. The van der Waals surface area contributed by atoms with Gasteiger partial charge in [0.2, 0.25) is 10.0 Å². The lowest BCUT2D eigenvalue weighted by Gasteiger charge is -2.27. The molecule has 2 aromatic carbocycles. The van der Waals surface area contributed by atoms with Crippen LogP contribution in [0.4, 0.5) is 4.39 Å². The maximum absolute atomic E-state index is 13.8. The summed E-state index contributed by atoms with van der Waals surface area (Å²) in [7, 11) is -4.14. The largest absolute Gasteiger partial charge is 0.486 e. The van der Waals surface area contributed by atoms with Gasteiger partial charge in [0.25, 0.3) is 0 Å². The summed E-state index contributed by atoms with van der Waals surface area (Å²) in [6, 6.07) is 9.00. The van der Waals surface area contributed by atoms with Gasteiger partial charge in [-0.05, 0) is 30.3 Å². The molecule has 0 saturated carbocycles. The molecule has 0 aromatic heterocycles. The number of sulfonamides is 1. The van der Waals surface area contributed by atoms with Crippen LogP contribution in [0.5, 0.6) is 5.75 Å². The van der Waals surface area contributed by atoms with Gasteiger partial charge < -0.3 is 14.9 Å². The van der Waals surface area contributed by atoms with Gasteiger partial charge in [-0.2, -0.15) is 9.57 Å². The number of β-amino-alcohol motifs (C(OH)–C–C–N with tert-alkyl or cyclic N) is 1. The van der Waals surface area contributed by atoms with Crippen LogP contribution in [0.15, 0.2) is 41.3 Å². The van der Waals surface area contributed by atoms with E-state index in [9.17, 15) is 23.0 Å². The topological polar surface area (TPSA) is 111 Å². The Morgan fingerprint density at radius 3 is 2.62 bits per heavy atom. The van der Waals surface area contributed by atoms with Crippen LogP contribution in [0.1, 0.15) is 5.56 Å². The van der Waals surface area contributed by atoms with Crippen LogP contribution >= 0.6 is 23.2 Å². The minimum Gasteiger partial charge on any atom is -0.486 e. The Hall–Kier alpha value is -1.93. The standard InChI is InChI=1S/C18H15Cl2FN2O5S/c19-12-2-4-16(14(20)5-12)29(26,27)23-8-17(18(25,9-23)10-24)28-13-3-1-11(7-22)15(21)6-13/h1-6,17,24-25H,8-10H2/t17-,18-/m0/s1. The van der Waals surface area contributed by atoms with Gasteiger partial charge in [0.05, 0.1) is 23.7 Å². The first-order valence-corrected chi connectivity index (χ1v) is 10.4. The van der Waals surface area contributed by atoms with Gasteiger partial charge in [-0.1, -0.05) is 23.2 Å². The summed E-state index contributed by atoms with van der Waals surface area (Å²) in [5.41, 5.74) is -2.13. The molecule has 1 aliphatic heterocycles. The van der Waals surface area contributed by atoms with Gasteiger partial charge in [-0.15, -0.1) is 0 Å². The highest BCUT2D eigenvalue weighted by Crippen LogP contribution is 2.34. The molecule has 0 radical (unpaired) electrons. The molecular weight excluding hydrogens is 446 g/mol. The molecule has 0 amide bonds. The normalized spacial score (nSPS) is 22.4. The monoisotopic (exact) mass is 460 g/mol. The van der Waals surface area contributed by atoms with E-state index in [0.717, 1.165) is 10.4 Å². The molecule has 0 aliphatic carbocycles. The molecule has 1 heterocycles. The number of aliphatic hydroxyl groups excluding tert-OH is 1. The van der Waals surface area contributed by atoms with Gasteiger partial charge in [0.1, 0.15) is 34.2 Å². The van der Waals surface area contributed by atoms with Crippen LogP contribution in [-0.4, -0.2) is 54.3 Å². The fraction of sp³-hybridized carbons (Fsp3) is 0.278. The van der Waals surface area contributed by atoms with Crippen molar-refractivity contribution in [3.05, 3.63) is 57.8 Å². The second-order valence-corrected chi connectivity index (χ2v) is 9.24. The van der Waals surface area contributed by atoms with E-state index in [4.69, 9.17) is 33.2 Å². The summed E-state index contributed by atoms with van der Waals surface area (Å²) in [4.78, 5) is -0.214. The zero-order valence-corrected chi connectivity index (χ0v) is 17.0. The number of aliphatic hydroxyl groups is 2. The second kappa shape index (κ2) is 8.07. The lowest BCUT2D eigenvalue weighted by molar-refractivity contribution is -0.0641. The minimum absolute atomic E-state index is 0.0258. The van der Waals surface area contributed by atoms with Gasteiger partial charge in [-0.25, -0.2) is 12.8 Å². The Labute approximate surface area is 176 Å². The molecule has 2 atom stereocenters. The highest BCUT2D eigenvalue weighted by Gasteiger charge is 2.51. The number of halogens is 3. The molecule has 154 valence electrons. The quantitative estimate of drug-likeness (QED) is 0.707. The van der Waals surface area contributed by atoms with E-state index in [2.05, 4.69) is 0 Å². The third-order valence-electron chi connectivity index (χ3n) is 4.54. The number of rotatable bonds is 5. The Kier molecular flexibility index (Phi) is 6.06. The van der Waals surface area contributed by atoms with Gasteiger partial charge in [0.15, 0.2) is 0 Å². The van der Waals surface area contributed by atoms with E-state index in [1.54, 1.807) is 6.07 Å². The first kappa shape index (κ1) is 21.8. The number of ether oxygens (including phenoxy) is 1. The molecule has 1 fully saturated rings. The predicted octanol–water partition coefficient (Wildman–Crippen LogP) is 2.18. The summed E-state index contributed by atoms with van der Waals surface area (Å²) in [5, 5.41) is 29.3. The lowest BCUT2D eigenvalue weighted by Crippen LogP contribution is -2.48. The molecule has 3 rings (SSSR count). The van der Waals surface area contributed by atoms with E-state index in [0.29, 0.717) is 0 Å². The fourth-order valence-electron chi connectivity index (χ4n) is 2.96. The predicted molar refractivity (Wildman–Crippen MR) is 103 cm³/mol. The van der Waals surface area contributed by atoms with E-state index >= 15 is 0 Å². The van der Waals surface area contributed by atoms with E-state index < -0.39 is 40.7 Å². The average Bonchev–Trinajstić information content (AvgIpc) is 2.99. The number of nitrogens with zero attached hydrogens (tertiary/aromatic N) is 2. The smallest absolute Gasteiger partial charge is 0.244 e. The van der Waals surface area contributed by atoms with Crippen molar-refractivity contribution in [1.82, 2.24) is 4.31 Å². The molecule has 0 unspecified atom stereocenters. The molecule has 0 spiro atoms. The Morgan fingerprint density at radius 2 is 2.03 bits per heavy atom. The highest BCUT2D eigenvalue weighted by molar-refractivity contribution is 7.89. The van der Waals surface area contributed by atoms with Crippen molar-refractivity contribution >= 4 is 33.2 Å². The number of hydrogen-bond donors (Lipinski definition) is 2. The lowest BCUT2D eigenvalue weighted by atomic mass is 10.0. The summed E-state index contributed by atoms with van der Waals surface area (Å²) in [5.74, 6) is -0.852. The van der Waals surface area contributed by atoms with Crippen LogP contribution in [-0.2, 0) is 10.0 Å². The third-order valence-corrected chi connectivity index (χ3v) is 7.07. The van der Waals surface area contributed by atoms with Crippen molar-refractivity contribution in [2.24, 2.45) is 0 Å². The van der Waals surface area contributed by atoms with Gasteiger partial charge >= 0.3 is 0 Å². The third kappa shape index (κ3) is 4.19. The Morgan fingerprint density at radius 1 is 1.31 bits per heavy atom. The highest BCUT2D eigenvalue weighted by atomic mass is 35.5. The Balaban J connectivity index is 1.89. The number of hydrogen-bond acceptors (Lipinski definition) is 6. The molecule has 2 aromatic rings. The van der Waals surface area contributed by atoms with Crippen LogP contribution in [0.25, 0.3) is 0 Å². The molecule has 2 N–H and O–H groups in total. The zero-order valence-electron chi connectivity index (χ0n) is 14.7. The zero-order chi connectivity index (χ0) is 21.4. The van der Waals surface area contributed by atoms with Gasteiger partial charge in [0, 0.05) is 17.6 Å². The summed E-state index contributed by atoms with van der Waals surface area (Å²) >= 11 is 11.8. The van der Waals surface area contributed by atoms with Crippen LogP contribution in [0.3, 0.4) is 0 Å². The fourth-order valence-corrected chi connectivity index (χ4v) is 5.21. The minimum atomic E-state index is -4.14. The molecule has 29 heavy (non-hydrogen) atoms. The molecule has 1 saturated heterocycles. The number of benzene rings is 2. The second-order valence-electron chi connectivity index (χ2n) is 6.49. The van der Waals surface area contributed by atoms with Crippen LogP contribution in [0, 0.1) is 17.1 Å². The van der Waals surface area contributed by atoms with E-state index in [1.165, 1.54) is 30.3 Å². The summed E-state index contributed by atoms with van der Waals surface area (Å²) in [6.45, 7) is -1.58. The van der Waals surface area contributed by atoms with Crippen molar-refractivity contribution in [2.45, 2.75) is 16.6 Å². The molecule has 0 bridgehead atoms. The van der Waals surface area contributed by atoms with Crippen LogP contribution in [0.2, 0.25) is 10.0 Å².